The summed E-state index contributed by atoms with van der Waals surface area (Å²) in [4.78, 5) is 26.0. The standard InChI is InChI=1S/C19H22N2O3/c1-2-16(14-8-7-12-5-3-4-6-13(12)9-14)20-19(24)15-10-17(22)21-18(23)11-15/h7-11,16H,2-6H2,1H3,(H,20,24)(H2,21,22,23). The number of carbonyl (C=O) groups is 1. The van der Waals surface area contributed by atoms with Crippen LogP contribution < -0.4 is 10.9 Å². The van der Waals surface area contributed by atoms with E-state index in [9.17, 15) is 14.7 Å². The zero-order valence-electron chi connectivity index (χ0n) is 13.8. The predicted molar refractivity (Wildman–Crippen MR) is 92.3 cm³/mol. The lowest BCUT2D eigenvalue weighted by Gasteiger charge is -2.21. The molecule has 1 unspecified atom stereocenters. The van der Waals surface area contributed by atoms with Gasteiger partial charge in [-0.15, -0.1) is 0 Å². The quantitative estimate of drug-likeness (QED) is 0.808. The molecule has 1 aliphatic rings. The molecule has 1 aliphatic carbocycles. The van der Waals surface area contributed by atoms with Crippen LogP contribution in [0.4, 0.5) is 0 Å². The second kappa shape index (κ2) is 6.91. The van der Waals surface area contributed by atoms with Gasteiger partial charge < -0.3 is 10.4 Å². The van der Waals surface area contributed by atoms with Crippen LogP contribution in [0.15, 0.2) is 35.1 Å². The normalized spacial score (nSPS) is 14.7. The molecule has 3 N–H and O–H groups in total. The number of H-pyrrole nitrogens is 1. The number of pyridine rings is 1. The average Bonchev–Trinajstić information content (AvgIpc) is 2.58. The summed E-state index contributed by atoms with van der Waals surface area (Å²) in [5.74, 6) is -0.671. The molecule has 0 spiro atoms. The fourth-order valence-electron chi connectivity index (χ4n) is 3.29. The lowest BCUT2D eigenvalue weighted by Crippen LogP contribution is -2.29. The third kappa shape index (κ3) is 3.50. The van der Waals surface area contributed by atoms with Gasteiger partial charge in [0.25, 0.3) is 11.5 Å². The lowest BCUT2D eigenvalue weighted by molar-refractivity contribution is 0.0935. The van der Waals surface area contributed by atoms with Crippen LogP contribution in [0.5, 0.6) is 5.88 Å². The van der Waals surface area contributed by atoms with Crippen LogP contribution in [0.2, 0.25) is 0 Å². The highest BCUT2D eigenvalue weighted by molar-refractivity contribution is 5.94. The van der Waals surface area contributed by atoms with Gasteiger partial charge in [0, 0.05) is 12.1 Å². The van der Waals surface area contributed by atoms with Crippen molar-refractivity contribution >= 4 is 5.91 Å². The molecular formula is C19H22N2O3. The maximum atomic E-state index is 12.4. The predicted octanol–water partition coefficient (Wildman–Crippen LogP) is 2.84. The Morgan fingerprint density at radius 3 is 2.67 bits per heavy atom. The van der Waals surface area contributed by atoms with E-state index < -0.39 is 5.56 Å². The van der Waals surface area contributed by atoms with E-state index >= 15 is 0 Å². The number of aromatic amines is 1. The number of benzene rings is 1. The molecule has 3 rings (SSSR count). The summed E-state index contributed by atoms with van der Waals surface area (Å²) in [7, 11) is 0. The van der Waals surface area contributed by atoms with E-state index in [2.05, 4.69) is 28.5 Å². The second-order valence-corrected chi connectivity index (χ2v) is 6.29. The number of aryl methyl sites for hydroxylation is 2. The topological polar surface area (TPSA) is 82.2 Å². The van der Waals surface area contributed by atoms with Gasteiger partial charge in [0.2, 0.25) is 0 Å². The first-order valence-electron chi connectivity index (χ1n) is 8.42. The van der Waals surface area contributed by atoms with Crippen LogP contribution in [-0.2, 0) is 12.8 Å². The average molecular weight is 326 g/mol. The largest absolute Gasteiger partial charge is 0.494 e. The SMILES string of the molecule is CCC(NC(=O)c1cc(O)[nH]c(=O)c1)c1ccc2c(c1)CCCC2. The zero-order valence-corrected chi connectivity index (χ0v) is 13.8. The Kier molecular flexibility index (Phi) is 4.69. The summed E-state index contributed by atoms with van der Waals surface area (Å²) in [6, 6.07) is 8.76. The number of nitrogens with one attached hydrogen (secondary N) is 2. The number of aromatic hydroxyl groups is 1. The Bertz CT molecular complexity index is 810. The van der Waals surface area contributed by atoms with E-state index in [1.165, 1.54) is 36.1 Å². The number of fused-ring (bicyclic) bond motifs is 1. The smallest absolute Gasteiger partial charge is 0.252 e. The van der Waals surface area contributed by atoms with Gasteiger partial charge >= 0.3 is 0 Å². The maximum Gasteiger partial charge on any atom is 0.252 e. The first kappa shape index (κ1) is 16.3. The van der Waals surface area contributed by atoms with Gasteiger partial charge in [0.1, 0.15) is 0 Å². The molecule has 1 atom stereocenters. The Hall–Kier alpha value is -2.56. The number of hydrogen-bond acceptors (Lipinski definition) is 3. The molecule has 5 heteroatoms. The van der Waals surface area contributed by atoms with Crippen molar-refractivity contribution in [1.82, 2.24) is 10.3 Å². The molecule has 0 bridgehead atoms. The Morgan fingerprint density at radius 2 is 1.96 bits per heavy atom. The van der Waals surface area contributed by atoms with Crippen LogP contribution in [0.3, 0.4) is 0 Å². The summed E-state index contributed by atoms with van der Waals surface area (Å²) >= 11 is 0. The van der Waals surface area contributed by atoms with Gasteiger partial charge in [0.15, 0.2) is 5.88 Å². The summed E-state index contributed by atoms with van der Waals surface area (Å²) < 4.78 is 0. The third-order valence-electron chi connectivity index (χ3n) is 4.58. The van der Waals surface area contributed by atoms with E-state index in [0.29, 0.717) is 0 Å². The number of hydrogen-bond donors (Lipinski definition) is 3. The molecule has 0 saturated carbocycles. The fraction of sp³-hybridized carbons (Fsp3) is 0.368. The van der Waals surface area contributed by atoms with Gasteiger partial charge in [-0.05, 0) is 48.8 Å². The minimum Gasteiger partial charge on any atom is -0.494 e. The van der Waals surface area contributed by atoms with E-state index in [-0.39, 0.29) is 23.4 Å². The molecule has 0 radical (unpaired) electrons. The summed E-state index contributed by atoms with van der Waals surface area (Å²) in [5.41, 5.74) is 3.53. The van der Waals surface area contributed by atoms with Gasteiger partial charge in [0.05, 0.1) is 11.6 Å². The van der Waals surface area contributed by atoms with Gasteiger partial charge in [-0.25, -0.2) is 0 Å². The molecule has 0 fully saturated rings. The first-order chi connectivity index (χ1) is 11.6. The van der Waals surface area contributed by atoms with E-state index in [1.807, 2.05) is 6.92 Å². The summed E-state index contributed by atoms with van der Waals surface area (Å²) in [6.45, 7) is 2.01. The van der Waals surface area contributed by atoms with Crippen molar-refractivity contribution < 1.29 is 9.90 Å². The van der Waals surface area contributed by atoms with Crippen molar-refractivity contribution in [3.05, 3.63) is 62.9 Å². The molecule has 2 aromatic rings. The van der Waals surface area contributed by atoms with Crippen molar-refractivity contribution in [3.8, 4) is 5.88 Å². The molecule has 1 aromatic heterocycles. The Labute approximate surface area is 140 Å². The molecular weight excluding hydrogens is 304 g/mol. The fourth-order valence-corrected chi connectivity index (χ4v) is 3.29. The first-order valence-corrected chi connectivity index (χ1v) is 8.42. The second-order valence-electron chi connectivity index (χ2n) is 6.29. The summed E-state index contributed by atoms with van der Waals surface area (Å²) in [6.07, 6.45) is 5.43. The third-order valence-corrected chi connectivity index (χ3v) is 4.58. The number of amides is 1. The van der Waals surface area contributed by atoms with Gasteiger partial charge in [-0.2, -0.15) is 0 Å². The minimum atomic E-state index is -0.498. The molecule has 1 amide bonds. The zero-order chi connectivity index (χ0) is 17.1. The van der Waals surface area contributed by atoms with E-state index in [1.54, 1.807) is 0 Å². The molecule has 126 valence electrons. The number of rotatable bonds is 4. The highest BCUT2D eigenvalue weighted by Crippen LogP contribution is 2.26. The van der Waals surface area contributed by atoms with Crippen LogP contribution in [0, 0.1) is 0 Å². The Balaban J connectivity index is 1.81. The van der Waals surface area contributed by atoms with Crippen molar-refractivity contribution in [3.63, 3.8) is 0 Å². The van der Waals surface area contributed by atoms with Crippen molar-refractivity contribution in [2.45, 2.75) is 45.1 Å². The van der Waals surface area contributed by atoms with E-state index in [4.69, 9.17) is 0 Å². The Morgan fingerprint density at radius 1 is 1.21 bits per heavy atom. The van der Waals surface area contributed by atoms with Crippen LogP contribution in [0.25, 0.3) is 0 Å². The highest BCUT2D eigenvalue weighted by Gasteiger charge is 2.17. The molecule has 24 heavy (non-hydrogen) atoms. The van der Waals surface area contributed by atoms with Crippen LogP contribution >= 0.6 is 0 Å². The maximum absolute atomic E-state index is 12.4. The van der Waals surface area contributed by atoms with Gasteiger partial charge in [-0.3, -0.25) is 14.6 Å². The lowest BCUT2D eigenvalue weighted by atomic mass is 9.88. The molecule has 5 nitrogen and oxygen atoms in total. The van der Waals surface area contributed by atoms with Crippen LogP contribution in [0.1, 0.15) is 59.3 Å². The van der Waals surface area contributed by atoms with Crippen molar-refractivity contribution in [2.24, 2.45) is 0 Å². The van der Waals surface area contributed by atoms with Crippen molar-refractivity contribution in [1.29, 1.82) is 0 Å². The van der Waals surface area contributed by atoms with E-state index in [0.717, 1.165) is 24.8 Å². The molecule has 1 heterocycles. The number of aromatic nitrogens is 1. The summed E-state index contributed by atoms with van der Waals surface area (Å²) in [5, 5.41) is 12.4. The van der Waals surface area contributed by atoms with Crippen molar-refractivity contribution in [2.75, 3.05) is 0 Å². The number of carbonyl (C=O) groups excluding carboxylic acids is 1. The monoisotopic (exact) mass is 326 g/mol. The minimum absolute atomic E-state index is 0.119. The molecule has 1 aromatic carbocycles. The highest BCUT2D eigenvalue weighted by atomic mass is 16.3. The molecule has 0 aliphatic heterocycles. The van der Waals surface area contributed by atoms with Gasteiger partial charge in [-0.1, -0.05) is 25.1 Å². The van der Waals surface area contributed by atoms with Crippen LogP contribution in [-0.4, -0.2) is 16.0 Å². The molecule has 0 saturated heterocycles.